The molecule has 2 aromatic heterocycles. The number of pyridine rings is 1. The van der Waals surface area contributed by atoms with E-state index in [1.165, 1.54) is 7.11 Å². The van der Waals surface area contributed by atoms with E-state index in [2.05, 4.69) is 15.0 Å². The van der Waals surface area contributed by atoms with E-state index in [-0.39, 0.29) is 5.97 Å². The molecular weight excluding hydrogens is 244 g/mol. The number of nitrogens with one attached hydrogen (secondary N) is 1. The van der Waals surface area contributed by atoms with Crippen molar-refractivity contribution in [3.63, 3.8) is 0 Å². The third-order valence-electron chi connectivity index (χ3n) is 3.57. The van der Waals surface area contributed by atoms with Gasteiger partial charge in [0, 0.05) is 14.1 Å². The number of ether oxygens (including phenoxy) is 1. The van der Waals surface area contributed by atoms with Gasteiger partial charge in [0.05, 0.1) is 12.6 Å². The molecular formula is C13H16N4O2. The Kier molecular flexibility index (Phi) is 2.48. The summed E-state index contributed by atoms with van der Waals surface area (Å²) in [6.45, 7) is 0. The molecule has 100 valence electrons. The van der Waals surface area contributed by atoms with Crippen molar-refractivity contribution in [1.82, 2.24) is 15.0 Å². The number of carbonyl (C=O) groups is 1. The Morgan fingerprint density at radius 3 is 2.68 bits per heavy atom. The molecule has 2 heterocycles. The van der Waals surface area contributed by atoms with E-state index in [1.54, 1.807) is 0 Å². The topological polar surface area (TPSA) is 71.1 Å². The fourth-order valence-corrected chi connectivity index (χ4v) is 2.22. The maximum atomic E-state index is 11.8. The number of H-pyrrole nitrogens is 1. The van der Waals surface area contributed by atoms with Gasteiger partial charge in [-0.25, -0.2) is 9.97 Å². The summed E-state index contributed by atoms with van der Waals surface area (Å²) >= 11 is 0. The number of methoxy groups -OCH3 is 1. The van der Waals surface area contributed by atoms with Gasteiger partial charge in [0.25, 0.3) is 0 Å². The molecule has 0 amide bonds. The average Bonchev–Trinajstić information content (AvgIpc) is 3.10. The van der Waals surface area contributed by atoms with Gasteiger partial charge in [-0.05, 0) is 25.0 Å². The zero-order chi connectivity index (χ0) is 13.6. The second-order valence-electron chi connectivity index (χ2n) is 5.09. The first-order valence-corrected chi connectivity index (χ1v) is 6.20. The van der Waals surface area contributed by atoms with Gasteiger partial charge in [-0.1, -0.05) is 0 Å². The van der Waals surface area contributed by atoms with Crippen molar-refractivity contribution in [1.29, 1.82) is 0 Å². The van der Waals surface area contributed by atoms with E-state index in [4.69, 9.17) is 4.74 Å². The molecule has 0 spiro atoms. The molecule has 3 rings (SSSR count). The average molecular weight is 260 g/mol. The molecule has 0 unspecified atom stereocenters. The second kappa shape index (κ2) is 3.94. The predicted octanol–water partition coefficient (Wildman–Crippen LogP) is 1.23. The first-order chi connectivity index (χ1) is 9.06. The second-order valence-corrected chi connectivity index (χ2v) is 5.09. The molecule has 1 saturated carbocycles. The summed E-state index contributed by atoms with van der Waals surface area (Å²) in [5.41, 5.74) is 0.903. The molecule has 0 aliphatic heterocycles. The van der Waals surface area contributed by atoms with Crippen LogP contribution in [0.15, 0.2) is 12.1 Å². The van der Waals surface area contributed by atoms with Crippen LogP contribution in [0.5, 0.6) is 0 Å². The van der Waals surface area contributed by atoms with Crippen LogP contribution in [0, 0.1) is 0 Å². The summed E-state index contributed by atoms with van der Waals surface area (Å²) < 4.78 is 4.86. The van der Waals surface area contributed by atoms with Gasteiger partial charge in [0.2, 0.25) is 0 Å². The van der Waals surface area contributed by atoms with E-state index >= 15 is 0 Å². The van der Waals surface area contributed by atoms with Crippen LogP contribution in [0.25, 0.3) is 11.2 Å². The van der Waals surface area contributed by atoms with Gasteiger partial charge in [-0.15, -0.1) is 0 Å². The first kappa shape index (κ1) is 12.0. The van der Waals surface area contributed by atoms with E-state index in [0.29, 0.717) is 11.5 Å². The minimum absolute atomic E-state index is 0.223. The molecule has 6 heteroatoms. The van der Waals surface area contributed by atoms with Gasteiger partial charge in [0.1, 0.15) is 17.1 Å². The van der Waals surface area contributed by atoms with Crippen LogP contribution in [0.4, 0.5) is 5.82 Å². The summed E-state index contributed by atoms with van der Waals surface area (Å²) in [5.74, 6) is 1.28. The molecule has 1 fully saturated rings. The van der Waals surface area contributed by atoms with E-state index in [1.807, 2.05) is 31.1 Å². The largest absolute Gasteiger partial charge is 0.468 e. The number of aromatic amines is 1. The van der Waals surface area contributed by atoms with Crippen molar-refractivity contribution in [2.75, 3.05) is 26.1 Å². The Balaban J connectivity index is 2.05. The van der Waals surface area contributed by atoms with E-state index < -0.39 is 5.41 Å². The molecule has 0 bridgehead atoms. The van der Waals surface area contributed by atoms with Gasteiger partial charge < -0.3 is 14.6 Å². The molecule has 0 atom stereocenters. The number of anilines is 1. The monoisotopic (exact) mass is 260 g/mol. The number of rotatable bonds is 3. The molecule has 0 radical (unpaired) electrons. The van der Waals surface area contributed by atoms with Crippen LogP contribution >= 0.6 is 0 Å². The molecule has 1 aliphatic rings. The fourth-order valence-electron chi connectivity index (χ4n) is 2.22. The summed E-state index contributed by atoms with van der Waals surface area (Å²) in [6, 6.07) is 3.85. The zero-order valence-electron chi connectivity index (χ0n) is 11.2. The van der Waals surface area contributed by atoms with Crippen molar-refractivity contribution < 1.29 is 9.53 Å². The minimum atomic E-state index is -0.576. The van der Waals surface area contributed by atoms with Crippen LogP contribution in [0.1, 0.15) is 18.7 Å². The highest BCUT2D eigenvalue weighted by atomic mass is 16.5. The molecule has 0 saturated heterocycles. The lowest BCUT2D eigenvalue weighted by atomic mass is 10.1. The Bertz CT molecular complexity index is 643. The number of nitrogens with zero attached hydrogens (tertiary/aromatic N) is 3. The lowest BCUT2D eigenvalue weighted by Crippen LogP contribution is -2.23. The smallest absolute Gasteiger partial charge is 0.319 e. The molecule has 0 aromatic carbocycles. The molecule has 6 nitrogen and oxygen atoms in total. The minimum Gasteiger partial charge on any atom is -0.468 e. The molecule has 1 aliphatic carbocycles. The van der Waals surface area contributed by atoms with Crippen LogP contribution < -0.4 is 4.90 Å². The molecule has 2 aromatic rings. The van der Waals surface area contributed by atoms with Gasteiger partial charge in [-0.2, -0.15) is 0 Å². The van der Waals surface area contributed by atoms with Crippen molar-refractivity contribution in [3.05, 3.63) is 18.0 Å². The van der Waals surface area contributed by atoms with Crippen molar-refractivity contribution >= 4 is 23.0 Å². The van der Waals surface area contributed by atoms with Crippen LogP contribution in [0.3, 0.4) is 0 Å². The highest BCUT2D eigenvalue weighted by Crippen LogP contribution is 2.48. The Morgan fingerprint density at radius 2 is 2.11 bits per heavy atom. The first-order valence-electron chi connectivity index (χ1n) is 6.20. The quantitative estimate of drug-likeness (QED) is 0.840. The Hall–Kier alpha value is -2.11. The summed E-state index contributed by atoms with van der Waals surface area (Å²) in [7, 11) is 5.27. The highest BCUT2D eigenvalue weighted by Gasteiger charge is 2.55. The summed E-state index contributed by atoms with van der Waals surface area (Å²) in [6.07, 6.45) is 1.56. The number of hydrogen-bond donors (Lipinski definition) is 1. The number of imidazole rings is 1. The number of aromatic nitrogens is 3. The fraction of sp³-hybridized carbons (Fsp3) is 0.462. The summed E-state index contributed by atoms with van der Waals surface area (Å²) in [4.78, 5) is 25.9. The lowest BCUT2D eigenvalue weighted by Gasteiger charge is -2.09. The number of fused-ring (bicyclic) bond motifs is 1. The molecule has 19 heavy (non-hydrogen) atoms. The Labute approximate surface area is 110 Å². The van der Waals surface area contributed by atoms with Crippen molar-refractivity contribution in [2.45, 2.75) is 18.3 Å². The predicted molar refractivity (Wildman–Crippen MR) is 71.1 cm³/mol. The third kappa shape index (κ3) is 1.75. The van der Waals surface area contributed by atoms with Gasteiger partial charge in [-0.3, -0.25) is 4.79 Å². The third-order valence-corrected chi connectivity index (χ3v) is 3.57. The standard InChI is InChI=1S/C13H16N4O2/c1-17(2)9-5-4-8-10(15-9)16-11(14-8)13(6-7-13)12(18)19-3/h4-5H,6-7H2,1-3H3,(H,14,15,16). The van der Waals surface area contributed by atoms with Crippen LogP contribution in [-0.4, -0.2) is 42.1 Å². The maximum absolute atomic E-state index is 11.8. The number of carbonyl (C=O) groups excluding carboxylic acids is 1. The van der Waals surface area contributed by atoms with E-state index in [9.17, 15) is 4.79 Å². The highest BCUT2D eigenvalue weighted by molar-refractivity contribution is 5.86. The molecule has 1 N–H and O–H groups in total. The maximum Gasteiger partial charge on any atom is 0.319 e. The van der Waals surface area contributed by atoms with Crippen LogP contribution in [0.2, 0.25) is 0 Å². The number of hydrogen-bond acceptors (Lipinski definition) is 5. The van der Waals surface area contributed by atoms with Gasteiger partial charge in [0.15, 0.2) is 5.65 Å². The van der Waals surface area contributed by atoms with Crippen molar-refractivity contribution in [3.8, 4) is 0 Å². The van der Waals surface area contributed by atoms with E-state index in [0.717, 1.165) is 24.2 Å². The normalized spacial score (nSPS) is 16.4. The van der Waals surface area contributed by atoms with Crippen LogP contribution in [-0.2, 0) is 14.9 Å². The zero-order valence-corrected chi connectivity index (χ0v) is 11.2. The van der Waals surface area contributed by atoms with Gasteiger partial charge >= 0.3 is 5.97 Å². The lowest BCUT2D eigenvalue weighted by molar-refractivity contribution is -0.143. The summed E-state index contributed by atoms with van der Waals surface area (Å²) in [5, 5.41) is 0. The number of esters is 1. The van der Waals surface area contributed by atoms with Crippen molar-refractivity contribution in [2.24, 2.45) is 0 Å². The SMILES string of the molecule is COC(=O)C1(c2nc3nc(N(C)C)ccc3[nH]2)CC1. The Morgan fingerprint density at radius 1 is 1.37 bits per heavy atom.